The number of rotatable bonds is 1. The average Bonchev–Trinajstić information content (AvgIpc) is 2.20. The Labute approximate surface area is 84.3 Å². The molecule has 2 rings (SSSR count). The first-order chi connectivity index (χ1) is 6.38. The molecule has 0 aromatic heterocycles. The number of allylic oxidation sites excluding steroid dienone is 2. The first kappa shape index (κ1) is 8.64. The topological polar surface area (TPSA) is 0 Å². The standard InChI is InChI=1S/C12H12S/c13-12-9-5-4-8-11(12)10-6-2-1-3-7-10/h1-3,6-8H,4-5,9H2. The lowest BCUT2D eigenvalue weighted by Gasteiger charge is -2.13. The second-order valence-electron chi connectivity index (χ2n) is 3.30. The summed E-state index contributed by atoms with van der Waals surface area (Å²) < 4.78 is 0. The van der Waals surface area contributed by atoms with Crippen LogP contribution in [0.3, 0.4) is 0 Å². The third-order valence-corrected chi connectivity index (χ3v) is 2.77. The van der Waals surface area contributed by atoms with Crippen LogP contribution in [0, 0.1) is 0 Å². The first-order valence-corrected chi connectivity index (χ1v) is 5.07. The lowest BCUT2D eigenvalue weighted by molar-refractivity contribution is 0.891. The second kappa shape index (κ2) is 3.84. The highest BCUT2D eigenvalue weighted by Gasteiger charge is 2.10. The summed E-state index contributed by atoms with van der Waals surface area (Å²) in [5, 5.41) is 0. The fourth-order valence-corrected chi connectivity index (χ4v) is 2.00. The van der Waals surface area contributed by atoms with Crippen molar-refractivity contribution in [1.82, 2.24) is 0 Å². The Bertz CT molecular complexity index is 335. The van der Waals surface area contributed by atoms with E-state index in [0.29, 0.717) is 0 Å². The van der Waals surface area contributed by atoms with E-state index >= 15 is 0 Å². The summed E-state index contributed by atoms with van der Waals surface area (Å²) in [5.41, 5.74) is 2.55. The highest BCUT2D eigenvalue weighted by molar-refractivity contribution is 7.81. The van der Waals surface area contributed by atoms with Crippen molar-refractivity contribution in [2.45, 2.75) is 19.3 Å². The summed E-state index contributed by atoms with van der Waals surface area (Å²) >= 11 is 5.34. The fraction of sp³-hybridized carbons (Fsp3) is 0.250. The van der Waals surface area contributed by atoms with Gasteiger partial charge in [-0.15, -0.1) is 0 Å². The van der Waals surface area contributed by atoms with Crippen LogP contribution in [0.5, 0.6) is 0 Å². The monoisotopic (exact) mass is 188 g/mol. The number of hydrogen-bond acceptors (Lipinski definition) is 1. The second-order valence-corrected chi connectivity index (χ2v) is 3.79. The Kier molecular flexibility index (Phi) is 2.55. The van der Waals surface area contributed by atoms with Gasteiger partial charge in [0.25, 0.3) is 0 Å². The molecule has 0 fully saturated rings. The van der Waals surface area contributed by atoms with Crippen LogP contribution in [-0.2, 0) is 0 Å². The van der Waals surface area contributed by atoms with Crippen LogP contribution in [0.15, 0.2) is 36.4 Å². The molecule has 1 aromatic rings. The molecule has 0 bridgehead atoms. The van der Waals surface area contributed by atoms with Crippen LogP contribution in [0.1, 0.15) is 24.8 Å². The summed E-state index contributed by atoms with van der Waals surface area (Å²) in [6, 6.07) is 10.4. The lowest BCUT2D eigenvalue weighted by atomic mass is 9.94. The van der Waals surface area contributed by atoms with Gasteiger partial charge in [0.05, 0.1) is 0 Å². The zero-order valence-electron chi connectivity index (χ0n) is 7.49. The highest BCUT2D eigenvalue weighted by Crippen LogP contribution is 2.24. The van der Waals surface area contributed by atoms with E-state index in [0.717, 1.165) is 11.3 Å². The van der Waals surface area contributed by atoms with Crippen LogP contribution in [0.4, 0.5) is 0 Å². The van der Waals surface area contributed by atoms with Crippen molar-refractivity contribution >= 4 is 22.7 Å². The zero-order chi connectivity index (χ0) is 9.10. The number of hydrogen-bond donors (Lipinski definition) is 0. The van der Waals surface area contributed by atoms with Crippen molar-refractivity contribution < 1.29 is 0 Å². The molecule has 1 heteroatoms. The molecule has 1 aliphatic carbocycles. The molecule has 0 saturated carbocycles. The first-order valence-electron chi connectivity index (χ1n) is 4.67. The molecule has 1 aliphatic rings. The van der Waals surface area contributed by atoms with Crippen molar-refractivity contribution in [3.05, 3.63) is 42.0 Å². The minimum Gasteiger partial charge on any atom is -0.0843 e. The Hall–Kier alpha value is -0.950. The molecule has 0 heterocycles. The van der Waals surface area contributed by atoms with E-state index in [9.17, 15) is 0 Å². The Balaban J connectivity index is 2.35. The molecule has 0 nitrogen and oxygen atoms in total. The normalized spacial score (nSPS) is 16.9. The maximum absolute atomic E-state index is 5.34. The average molecular weight is 188 g/mol. The maximum Gasteiger partial charge on any atom is 0.0227 e. The molecular formula is C12H12S. The van der Waals surface area contributed by atoms with Gasteiger partial charge in [-0.25, -0.2) is 0 Å². The lowest BCUT2D eigenvalue weighted by Crippen LogP contribution is -2.03. The van der Waals surface area contributed by atoms with Gasteiger partial charge < -0.3 is 0 Å². The van der Waals surface area contributed by atoms with E-state index in [4.69, 9.17) is 12.2 Å². The van der Waals surface area contributed by atoms with Gasteiger partial charge in [0.2, 0.25) is 0 Å². The van der Waals surface area contributed by atoms with Gasteiger partial charge in [0.1, 0.15) is 0 Å². The fourth-order valence-electron chi connectivity index (χ4n) is 1.65. The minimum atomic E-state index is 1.08. The van der Waals surface area contributed by atoms with Gasteiger partial charge in [0.15, 0.2) is 0 Å². The molecule has 0 radical (unpaired) electrons. The smallest absolute Gasteiger partial charge is 0.0227 e. The van der Waals surface area contributed by atoms with Crippen LogP contribution < -0.4 is 0 Å². The molecule has 0 N–H and O–H groups in total. The van der Waals surface area contributed by atoms with Gasteiger partial charge in [0, 0.05) is 4.86 Å². The van der Waals surface area contributed by atoms with E-state index in [1.807, 2.05) is 6.07 Å². The van der Waals surface area contributed by atoms with Crippen molar-refractivity contribution in [2.75, 3.05) is 0 Å². The third kappa shape index (κ3) is 1.86. The van der Waals surface area contributed by atoms with E-state index < -0.39 is 0 Å². The molecule has 0 amide bonds. The summed E-state index contributed by atoms with van der Waals surface area (Å²) in [7, 11) is 0. The van der Waals surface area contributed by atoms with Gasteiger partial charge in [-0.05, 0) is 30.4 Å². The van der Waals surface area contributed by atoms with Gasteiger partial charge in [-0.2, -0.15) is 0 Å². The predicted octanol–water partition coefficient (Wildman–Crippen LogP) is 3.62. The molecule has 0 spiro atoms. The van der Waals surface area contributed by atoms with Gasteiger partial charge in [-0.3, -0.25) is 0 Å². The molecule has 1 aromatic carbocycles. The van der Waals surface area contributed by atoms with Crippen molar-refractivity contribution in [2.24, 2.45) is 0 Å². The van der Waals surface area contributed by atoms with Crippen LogP contribution in [0.2, 0.25) is 0 Å². The SMILES string of the molecule is S=C1CCCC=C1c1ccccc1. The molecule has 0 unspecified atom stereocenters. The van der Waals surface area contributed by atoms with E-state index in [1.54, 1.807) is 0 Å². The van der Waals surface area contributed by atoms with Crippen molar-refractivity contribution in [1.29, 1.82) is 0 Å². The summed E-state index contributed by atoms with van der Waals surface area (Å²) in [4.78, 5) is 1.12. The Morgan fingerprint density at radius 3 is 2.54 bits per heavy atom. The molecule has 0 saturated heterocycles. The van der Waals surface area contributed by atoms with Crippen LogP contribution >= 0.6 is 12.2 Å². The highest BCUT2D eigenvalue weighted by atomic mass is 32.1. The number of thiocarbonyl (C=S) groups is 1. The van der Waals surface area contributed by atoms with E-state index in [1.165, 1.54) is 24.0 Å². The van der Waals surface area contributed by atoms with Crippen molar-refractivity contribution in [3.63, 3.8) is 0 Å². The summed E-state index contributed by atoms with van der Waals surface area (Å²) in [6.07, 6.45) is 5.73. The Morgan fingerprint density at radius 2 is 1.85 bits per heavy atom. The summed E-state index contributed by atoms with van der Waals surface area (Å²) in [5.74, 6) is 0. The summed E-state index contributed by atoms with van der Waals surface area (Å²) in [6.45, 7) is 0. The number of benzene rings is 1. The van der Waals surface area contributed by atoms with E-state index in [2.05, 4.69) is 30.3 Å². The van der Waals surface area contributed by atoms with Gasteiger partial charge in [-0.1, -0.05) is 48.6 Å². The molecule has 66 valence electrons. The van der Waals surface area contributed by atoms with E-state index in [-0.39, 0.29) is 0 Å². The maximum atomic E-state index is 5.34. The van der Waals surface area contributed by atoms with Gasteiger partial charge >= 0.3 is 0 Å². The Morgan fingerprint density at radius 1 is 1.08 bits per heavy atom. The van der Waals surface area contributed by atoms with Crippen molar-refractivity contribution in [3.8, 4) is 0 Å². The third-order valence-electron chi connectivity index (χ3n) is 2.34. The largest absolute Gasteiger partial charge is 0.0843 e. The molecule has 13 heavy (non-hydrogen) atoms. The quantitative estimate of drug-likeness (QED) is 0.606. The predicted molar refractivity (Wildman–Crippen MR) is 60.9 cm³/mol. The van der Waals surface area contributed by atoms with Crippen LogP contribution in [0.25, 0.3) is 5.57 Å². The molecule has 0 atom stereocenters. The zero-order valence-corrected chi connectivity index (χ0v) is 8.31. The minimum absolute atomic E-state index is 1.08. The van der Waals surface area contributed by atoms with Crippen LogP contribution in [-0.4, -0.2) is 4.86 Å². The molecule has 0 aliphatic heterocycles. The molecular weight excluding hydrogens is 176 g/mol.